The quantitative estimate of drug-likeness (QED) is 0.760. The van der Waals surface area contributed by atoms with Gasteiger partial charge in [0.2, 0.25) is 0 Å². The highest BCUT2D eigenvalue weighted by atomic mass is 79.9. The molecule has 0 unspecified atom stereocenters. The van der Waals surface area contributed by atoms with Crippen molar-refractivity contribution in [2.45, 2.75) is 6.92 Å². The van der Waals surface area contributed by atoms with Crippen LogP contribution in [0.3, 0.4) is 0 Å². The molecule has 0 saturated carbocycles. The molecule has 1 heterocycles. The van der Waals surface area contributed by atoms with Crippen molar-refractivity contribution in [3.63, 3.8) is 0 Å². The predicted octanol–water partition coefficient (Wildman–Crippen LogP) is 3.41. The van der Waals surface area contributed by atoms with Gasteiger partial charge in [-0.05, 0) is 18.6 Å². The van der Waals surface area contributed by atoms with Crippen LogP contribution in [0.2, 0.25) is 0 Å². The average molecular weight is 238 g/mol. The summed E-state index contributed by atoms with van der Waals surface area (Å²) in [6.07, 6.45) is 1.57. The van der Waals surface area contributed by atoms with E-state index >= 15 is 0 Å². The molecule has 2 nitrogen and oxygen atoms in total. The van der Waals surface area contributed by atoms with E-state index in [1.165, 1.54) is 5.56 Å². The third-order valence-corrected chi connectivity index (χ3v) is 2.76. The standard InChI is InChI=1S/C10H8BrNO/c1-7-2-3-8(6-9(7)11)10-4-5-13-12-10/h2-6H,1H3. The minimum atomic E-state index is 0.862. The van der Waals surface area contributed by atoms with Crippen molar-refractivity contribution in [1.29, 1.82) is 0 Å². The second-order valence-electron chi connectivity index (χ2n) is 2.85. The molecule has 0 fully saturated rings. The van der Waals surface area contributed by atoms with Crippen molar-refractivity contribution >= 4 is 15.9 Å². The van der Waals surface area contributed by atoms with E-state index in [9.17, 15) is 0 Å². The Morgan fingerprint density at radius 3 is 2.77 bits per heavy atom. The third-order valence-electron chi connectivity index (χ3n) is 1.91. The first-order chi connectivity index (χ1) is 6.27. The summed E-state index contributed by atoms with van der Waals surface area (Å²) < 4.78 is 5.86. The molecule has 0 atom stereocenters. The molecule has 1 aromatic carbocycles. The van der Waals surface area contributed by atoms with Gasteiger partial charge >= 0.3 is 0 Å². The number of hydrogen-bond donors (Lipinski definition) is 0. The van der Waals surface area contributed by atoms with Gasteiger partial charge in [-0.15, -0.1) is 0 Å². The van der Waals surface area contributed by atoms with Gasteiger partial charge in [0.25, 0.3) is 0 Å². The maximum absolute atomic E-state index is 4.77. The minimum absolute atomic E-state index is 0.862. The molecule has 2 aromatic rings. The molecule has 0 spiro atoms. The first-order valence-electron chi connectivity index (χ1n) is 3.94. The Morgan fingerprint density at radius 2 is 2.15 bits per heavy atom. The monoisotopic (exact) mass is 237 g/mol. The average Bonchev–Trinajstić information content (AvgIpc) is 2.62. The summed E-state index contributed by atoms with van der Waals surface area (Å²) in [5.41, 5.74) is 3.14. The van der Waals surface area contributed by atoms with E-state index < -0.39 is 0 Å². The van der Waals surface area contributed by atoms with Gasteiger partial charge in [0.15, 0.2) is 0 Å². The molecule has 3 heteroatoms. The Hall–Kier alpha value is -1.09. The van der Waals surface area contributed by atoms with Crippen molar-refractivity contribution in [2.24, 2.45) is 0 Å². The van der Waals surface area contributed by atoms with Crippen molar-refractivity contribution in [1.82, 2.24) is 5.16 Å². The van der Waals surface area contributed by atoms with Crippen LogP contribution in [-0.4, -0.2) is 5.16 Å². The van der Waals surface area contributed by atoms with Crippen LogP contribution in [-0.2, 0) is 0 Å². The van der Waals surface area contributed by atoms with Gasteiger partial charge in [-0.2, -0.15) is 0 Å². The number of aromatic nitrogens is 1. The lowest BCUT2D eigenvalue weighted by Gasteiger charge is -1.99. The molecule has 0 aliphatic rings. The minimum Gasteiger partial charge on any atom is -0.364 e. The zero-order valence-corrected chi connectivity index (χ0v) is 8.71. The highest BCUT2D eigenvalue weighted by Gasteiger charge is 2.02. The molecular weight excluding hydrogens is 230 g/mol. The summed E-state index contributed by atoms with van der Waals surface area (Å²) in [7, 11) is 0. The second-order valence-corrected chi connectivity index (χ2v) is 3.70. The van der Waals surface area contributed by atoms with Crippen LogP contribution in [0.4, 0.5) is 0 Å². The van der Waals surface area contributed by atoms with Crippen LogP contribution < -0.4 is 0 Å². The Morgan fingerprint density at radius 1 is 1.31 bits per heavy atom. The third kappa shape index (κ3) is 1.65. The summed E-state index contributed by atoms with van der Waals surface area (Å²) in [6, 6.07) is 7.95. The number of rotatable bonds is 1. The Balaban J connectivity index is 2.49. The van der Waals surface area contributed by atoms with Gasteiger partial charge in [0.1, 0.15) is 12.0 Å². The highest BCUT2D eigenvalue weighted by molar-refractivity contribution is 9.10. The molecule has 2 rings (SSSR count). The van der Waals surface area contributed by atoms with E-state index in [2.05, 4.69) is 28.0 Å². The second kappa shape index (κ2) is 3.34. The lowest BCUT2D eigenvalue weighted by molar-refractivity contribution is 0.422. The molecule has 0 radical (unpaired) electrons. The number of benzene rings is 1. The molecule has 0 N–H and O–H groups in total. The Bertz CT molecular complexity index is 409. The van der Waals surface area contributed by atoms with Gasteiger partial charge in [-0.1, -0.05) is 33.2 Å². The molecule has 1 aromatic heterocycles. The number of aryl methyl sites for hydroxylation is 1. The van der Waals surface area contributed by atoms with E-state index in [0.717, 1.165) is 15.7 Å². The molecule has 0 amide bonds. The normalized spacial score (nSPS) is 10.3. The van der Waals surface area contributed by atoms with Crippen molar-refractivity contribution in [3.8, 4) is 11.3 Å². The van der Waals surface area contributed by atoms with E-state index in [1.54, 1.807) is 6.26 Å². The first kappa shape index (κ1) is 8.51. The SMILES string of the molecule is Cc1ccc(-c2ccon2)cc1Br. The maximum Gasteiger partial charge on any atom is 0.124 e. The van der Waals surface area contributed by atoms with E-state index in [0.29, 0.717) is 0 Å². The lowest BCUT2D eigenvalue weighted by atomic mass is 10.1. The largest absolute Gasteiger partial charge is 0.364 e. The van der Waals surface area contributed by atoms with Gasteiger partial charge in [-0.25, -0.2) is 0 Å². The van der Waals surface area contributed by atoms with Gasteiger partial charge in [-0.3, -0.25) is 0 Å². The topological polar surface area (TPSA) is 26.0 Å². The molecule has 0 bridgehead atoms. The summed E-state index contributed by atoms with van der Waals surface area (Å²) in [5, 5.41) is 3.86. The number of halogens is 1. The molecule has 0 aliphatic carbocycles. The van der Waals surface area contributed by atoms with E-state index in [1.807, 2.05) is 24.3 Å². The summed E-state index contributed by atoms with van der Waals surface area (Å²) >= 11 is 3.47. The highest BCUT2D eigenvalue weighted by Crippen LogP contribution is 2.24. The molecular formula is C10H8BrNO. The van der Waals surface area contributed by atoms with Crippen molar-refractivity contribution in [3.05, 3.63) is 40.6 Å². The van der Waals surface area contributed by atoms with Crippen molar-refractivity contribution < 1.29 is 4.52 Å². The van der Waals surface area contributed by atoms with Crippen LogP contribution >= 0.6 is 15.9 Å². The maximum atomic E-state index is 4.77. The van der Waals surface area contributed by atoms with Crippen molar-refractivity contribution in [2.75, 3.05) is 0 Å². The fourth-order valence-electron chi connectivity index (χ4n) is 1.11. The van der Waals surface area contributed by atoms with Gasteiger partial charge < -0.3 is 4.52 Å². The van der Waals surface area contributed by atoms with Crippen LogP contribution in [0, 0.1) is 6.92 Å². The molecule has 0 saturated heterocycles. The fraction of sp³-hybridized carbons (Fsp3) is 0.100. The van der Waals surface area contributed by atoms with E-state index in [-0.39, 0.29) is 0 Å². The predicted molar refractivity (Wildman–Crippen MR) is 54.4 cm³/mol. The van der Waals surface area contributed by atoms with E-state index in [4.69, 9.17) is 4.52 Å². The fourth-order valence-corrected chi connectivity index (χ4v) is 1.49. The molecule has 66 valence electrons. The Labute approximate surface area is 84.7 Å². The summed E-state index contributed by atoms with van der Waals surface area (Å²) in [5.74, 6) is 0. The zero-order valence-electron chi connectivity index (χ0n) is 7.12. The van der Waals surface area contributed by atoms with Crippen LogP contribution in [0.25, 0.3) is 11.3 Å². The lowest BCUT2D eigenvalue weighted by Crippen LogP contribution is -1.79. The molecule has 0 aliphatic heterocycles. The first-order valence-corrected chi connectivity index (χ1v) is 4.73. The van der Waals surface area contributed by atoms with Gasteiger partial charge in [0.05, 0.1) is 0 Å². The summed E-state index contributed by atoms with van der Waals surface area (Å²) in [4.78, 5) is 0. The van der Waals surface area contributed by atoms with Crippen LogP contribution in [0.1, 0.15) is 5.56 Å². The number of nitrogens with zero attached hydrogens (tertiary/aromatic N) is 1. The van der Waals surface area contributed by atoms with Crippen LogP contribution in [0.15, 0.2) is 39.5 Å². The van der Waals surface area contributed by atoms with Gasteiger partial charge in [0, 0.05) is 16.1 Å². The summed E-state index contributed by atoms with van der Waals surface area (Å²) in [6.45, 7) is 2.05. The smallest absolute Gasteiger partial charge is 0.124 e. The molecule has 13 heavy (non-hydrogen) atoms. The zero-order chi connectivity index (χ0) is 9.26. The number of hydrogen-bond acceptors (Lipinski definition) is 2. The Kier molecular flexibility index (Phi) is 2.19. The van der Waals surface area contributed by atoms with Crippen LogP contribution in [0.5, 0.6) is 0 Å².